The van der Waals surface area contributed by atoms with Crippen LogP contribution in [0.25, 0.3) is 11.1 Å². The molecule has 0 aliphatic heterocycles. The zero-order chi connectivity index (χ0) is 13.1. The fourth-order valence-corrected chi connectivity index (χ4v) is 2.06. The number of hydrogen-bond donors (Lipinski definition) is 1. The molecule has 2 N–H and O–H groups in total. The molecule has 0 unspecified atom stereocenters. The summed E-state index contributed by atoms with van der Waals surface area (Å²) >= 11 is 6.21. The van der Waals surface area contributed by atoms with Gasteiger partial charge in [-0.15, -0.1) is 0 Å². The maximum absolute atomic E-state index is 6.21. The van der Waals surface area contributed by atoms with Crippen LogP contribution in [0.2, 0.25) is 5.02 Å². The average Bonchev–Trinajstić information content (AvgIpc) is 2.38. The quantitative estimate of drug-likeness (QED) is 0.926. The van der Waals surface area contributed by atoms with Crippen LogP contribution in [0.3, 0.4) is 0 Å². The Morgan fingerprint density at radius 2 is 1.94 bits per heavy atom. The van der Waals surface area contributed by atoms with E-state index in [2.05, 4.69) is 4.98 Å². The molecule has 94 valence electrons. The number of benzene rings is 1. The second-order valence-corrected chi connectivity index (χ2v) is 4.01. The molecule has 0 radical (unpaired) electrons. The predicted octanol–water partition coefficient (Wildman–Crippen LogP) is 3.00. The van der Waals surface area contributed by atoms with Crippen LogP contribution in [0.4, 0.5) is 5.82 Å². The van der Waals surface area contributed by atoms with Gasteiger partial charge in [-0.1, -0.05) is 11.6 Å². The van der Waals surface area contributed by atoms with E-state index < -0.39 is 0 Å². The van der Waals surface area contributed by atoms with Crippen molar-refractivity contribution in [2.24, 2.45) is 0 Å². The molecule has 0 fully saturated rings. The molecule has 0 spiro atoms. The summed E-state index contributed by atoms with van der Waals surface area (Å²) in [5.74, 6) is 1.57. The van der Waals surface area contributed by atoms with Gasteiger partial charge >= 0.3 is 0 Å². The van der Waals surface area contributed by atoms with E-state index in [0.29, 0.717) is 22.3 Å². The van der Waals surface area contributed by atoms with E-state index in [0.717, 1.165) is 11.1 Å². The molecule has 0 saturated heterocycles. The van der Waals surface area contributed by atoms with Crippen LogP contribution in [0.1, 0.15) is 0 Å². The number of anilines is 1. The first-order chi connectivity index (χ1) is 8.67. The Morgan fingerprint density at radius 1 is 1.17 bits per heavy atom. The van der Waals surface area contributed by atoms with Crippen molar-refractivity contribution in [2.45, 2.75) is 0 Å². The average molecular weight is 265 g/mol. The van der Waals surface area contributed by atoms with E-state index in [-0.39, 0.29) is 0 Å². The molecule has 1 aromatic carbocycles. The molecule has 1 heterocycles. The first-order valence-corrected chi connectivity index (χ1v) is 5.67. The van der Waals surface area contributed by atoms with E-state index in [9.17, 15) is 0 Å². The largest absolute Gasteiger partial charge is 0.495 e. The summed E-state index contributed by atoms with van der Waals surface area (Å²) in [5, 5.41) is 0.438. The summed E-state index contributed by atoms with van der Waals surface area (Å²) in [4.78, 5) is 3.96. The highest BCUT2D eigenvalue weighted by atomic mass is 35.5. The standard InChI is InChI=1S/C13H13ClN2O2/c1-17-10-4-3-9(13(18-2)12(10)14)8-5-6-16-11(15)7-8/h3-7H,1-2H3,(H2,15,16). The minimum absolute atomic E-state index is 0.438. The van der Waals surface area contributed by atoms with Crippen molar-refractivity contribution in [3.8, 4) is 22.6 Å². The lowest BCUT2D eigenvalue weighted by Crippen LogP contribution is -1.94. The molecular weight excluding hydrogens is 252 g/mol. The van der Waals surface area contributed by atoms with Crippen LogP contribution in [0, 0.1) is 0 Å². The van der Waals surface area contributed by atoms with Gasteiger partial charge in [-0.25, -0.2) is 4.98 Å². The van der Waals surface area contributed by atoms with Gasteiger partial charge in [0.2, 0.25) is 0 Å². The molecule has 0 aliphatic carbocycles. The van der Waals surface area contributed by atoms with Gasteiger partial charge in [-0.2, -0.15) is 0 Å². The molecule has 1 aromatic heterocycles. The molecule has 0 bridgehead atoms. The molecular formula is C13H13ClN2O2. The summed E-state index contributed by atoms with van der Waals surface area (Å²) in [7, 11) is 3.12. The summed E-state index contributed by atoms with van der Waals surface area (Å²) in [6.45, 7) is 0. The zero-order valence-corrected chi connectivity index (χ0v) is 10.9. The number of aromatic nitrogens is 1. The van der Waals surface area contributed by atoms with Crippen molar-refractivity contribution in [3.63, 3.8) is 0 Å². The Labute approximate surface area is 110 Å². The molecule has 0 aliphatic rings. The number of nitrogen functional groups attached to an aromatic ring is 1. The lowest BCUT2D eigenvalue weighted by molar-refractivity contribution is 0.396. The van der Waals surface area contributed by atoms with Crippen molar-refractivity contribution in [3.05, 3.63) is 35.5 Å². The van der Waals surface area contributed by atoms with Crippen molar-refractivity contribution < 1.29 is 9.47 Å². The SMILES string of the molecule is COc1ccc(-c2ccnc(N)c2)c(OC)c1Cl. The Hall–Kier alpha value is -1.94. The zero-order valence-electron chi connectivity index (χ0n) is 10.1. The Kier molecular flexibility index (Phi) is 3.58. The first kappa shape index (κ1) is 12.5. The van der Waals surface area contributed by atoms with Crippen LogP contribution in [-0.4, -0.2) is 19.2 Å². The molecule has 18 heavy (non-hydrogen) atoms. The maximum Gasteiger partial charge on any atom is 0.149 e. The third kappa shape index (κ3) is 2.19. The summed E-state index contributed by atoms with van der Waals surface area (Å²) in [6, 6.07) is 7.27. The van der Waals surface area contributed by atoms with Crippen LogP contribution in [0.15, 0.2) is 30.5 Å². The summed E-state index contributed by atoms with van der Waals surface area (Å²) < 4.78 is 10.5. The van der Waals surface area contributed by atoms with Crippen molar-refractivity contribution >= 4 is 17.4 Å². The molecule has 4 nitrogen and oxygen atoms in total. The second-order valence-electron chi connectivity index (χ2n) is 3.63. The van der Waals surface area contributed by atoms with Gasteiger partial charge in [0.1, 0.15) is 22.3 Å². The first-order valence-electron chi connectivity index (χ1n) is 5.29. The van der Waals surface area contributed by atoms with Crippen molar-refractivity contribution in [2.75, 3.05) is 20.0 Å². The van der Waals surface area contributed by atoms with Crippen molar-refractivity contribution in [1.82, 2.24) is 4.98 Å². The Bertz CT molecular complexity index is 573. The van der Waals surface area contributed by atoms with Gasteiger partial charge in [-0.3, -0.25) is 0 Å². The fraction of sp³-hybridized carbons (Fsp3) is 0.154. The van der Waals surface area contributed by atoms with Gasteiger partial charge in [0.05, 0.1) is 14.2 Å². The third-order valence-corrected chi connectivity index (χ3v) is 2.94. The monoisotopic (exact) mass is 264 g/mol. The lowest BCUT2D eigenvalue weighted by Gasteiger charge is -2.13. The van der Waals surface area contributed by atoms with E-state index in [1.54, 1.807) is 32.5 Å². The summed E-state index contributed by atoms with van der Waals surface area (Å²) in [6.07, 6.45) is 1.64. The number of methoxy groups -OCH3 is 2. The van der Waals surface area contributed by atoms with Gasteiger partial charge in [-0.05, 0) is 29.8 Å². The molecule has 2 rings (SSSR count). The predicted molar refractivity (Wildman–Crippen MR) is 72.2 cm³/mol. The van der Waals surface area contributed by atoms with E-state index >= 15 is 0 Å². The van der Waals surface area contributed by atoms with Gasteiger partial charge in [0.15, 0.2) is 0 Å². The normalized spacial score (nSPS) is 10.2. The minimum Gasteiger partial charge on any atom is -0.495 e. The minimum atomic E-state index is 0.438. The maximum atomic E-state index is 6.21. The van der Waals surface area contributed by atoms with Crippen molar-refractivity contribution in [1.29, 1.82) is 0 Å². The number of hydrogen-bond acceptors (Lipinski definition) is 4. The van der Waals surface area contributed by atoms with Crippen LogP contribution in [-0.2, 0) is 0 Å². The highest BCUT2D eigenvalue weighted by Crippen LogP contribution is 2.41. The number of ether oxygens (including phenoxy) is 2. The van der Waals surface area contributed by atoms with Crippen LogP contribution >= 0.6 is 11.6 Å². The Balaban J connectivity index is 2.61. The van der Waals surface area contributed by atoms with Crippen LogP contribution < -0.4 is 15.2 Å². The highest BCUT2D eigenvalue weighted by Gasteiger charge is 2.14. The Morgan fingerprint density at radius 3 is 2.56 bits per heavy atom. The smallest absolute Gasteiger partial charge is 0.149 e. The van der Waals surface area contributed by atoms with Gasteiger partial charge < -0.3 is 15.2 Å². The molecule has 0 saturated carbocycles. The van der Waals surface area contributed by atoms with E-state index in [1.807, 2.05) is 12.1 Å². The molecule has 0 atom stereocenters. The topological polar surface area (TPSA) is 57.4 Å². The molecule has 2 aromatic rings. The molecule has 0 amide bonds. The number of nitrogens with zero attached hydrogens (tertiary/aromatic N) is 1. The number of pyridine rings is 1. The third-order valence-electron chi connectivity index (χ3n) is 2.58. The van der Waals surface area contributed by atoms with E-state index in [4.69, 9.17) is 26.8 Å². The lowest BCUT2D eigenvalue weighted by atomic mass is 10.1. The fourth-order valence-electron chi connectivity index (χ4n) is 1.74. The second kappa shape index (κ2) is 5.14. The van der Waals surface area contributed by atoms with Gasteiger partial charge in [0, 0.05) is 11.8 Å². The highest BCUT2D eigenvalue weighted by molar-refractivity contribution is 6.34. The molecule has 5 heteroatoms. The van der Waals surface area contributed by atoms with Gasteiger partial charge in [0.25, 0.3) is 0 Å². The number of nitrogens with two attached hydrogens (primary N) is 1. The van der Waals surface area contributed by atoms with E-state index in [1.165, 1.54) is 0 Å². The number of halogens is 1. The van der Waals surface area contributed by atoms with Crippen LogP contribution in [0.5, 0.6) is 11.5 Å². The number of rotatable bonds is 3. The summed E-state index contributed by atoms with van der Waals surface area (Å²) in [5.41, 5.74) is 7.41.